The molecule has 2 aliphatic heterocycles. The monoisotopic (exact) mass is 252 g/mol. The minimum absolute atomic E-state index is 0.313. The fourth-order valence-corrected chi connectivity index (χ4v) is 3.00. The van der Waals surface area contributed by atoms with Gasteiger partial charge in [-0.05, 0) is 57.8 Å². The third kappa shape index (κ3) is 3.82. The van der Waals surface area contributed by atoms with Crippen molar-refractivity contribution >= 4 is 5.97 Å². The summed E-state index contributed by atoms with van der Waals surface area (Å²) in [5.41, 5.74) is 0.313. The maximum absolute atomic E-state index is 10.7. The van der Waals surface area contributed by atoms with E-state index in [0.717, 1.165) is 19.0 Å². The van der Waals surface area contributed by atoms with Gasteiger partial charge in [-0.25, -0.2) is 4.79 Å². The smallest absolute Gasteiger partial charge is 0.332 e. The summed E-state index contributed by atoms with van der Waals surface area (Å²) in [7, 11) is 0. The van der Waals surface area contributed by atoms with Crippen LogP contribution in [-0.2, 0) is 4.79 Å². The molecule has 2 heterocycles. The van der Waals surface area contributed by atoms with Gasteiger partial charge in [-0.15, -0.1) is 0 Å². The minimum atomic E-state index is -0.866. The van der Waals surface area contributed by atoms with Crippen molar-refractivity contribution < 1.29 is 9.90 Å². The second-order valence-corrected chi connectivity index (χ2v) is 5.64. The van der Waals surface area contributed by atoms with E-state index in [1.54, 1.807) is 0 Å². The zero-order chi connectivity index (χ0) is 13.0. The standard InChI is InChI=1S/C14H24N2O2/c1-12(14(17)18)10-16-8-4-13(5-9-16)11-15-6-2-3-7-15/h13H,1-11H2,(H,17,18). The summed E-state index contributed by atoms with van der Waals surface area (Å²) >= 11 is 0. The molecular formula is C14H24N2O2. The van der Waals surface area contributed by atoms with E-state index in [4.69, 9.17) is 5.11 Å². The third-order valence-electron chi connectivity index (χ3n) is 4.14. The van der Waals surface area contributed by atoms with Gasteiger partial charge >= 0.3 is 5.97 Å². The van der Waals surface area contributed by atoms with Crippen LogP contribution in [0.3, 0.4) is 0 Å². The molecular weight excluding hydrogens is 228 g/mol. The lowest BCUT2D eigenvalue weighted by Gasteiger charge is -2.33. The molecule has 1 N–H and O–H groups in total. The zero-order valence-corrected chi connectivity index (χ0v) is 11.1. The van der Waals surface area contributed by atoms with Crippen LogP contribution in [0.2, 0.25) is 0 Å². The maximum atomic E-state index is 10.7. The van der Waals surface area contributed by atoms with Crippen molar-refractivity contribution in [3.05, 3.63) is 12.2 Å². The Morgan fingerprint density at radius 3 is 2.28 bits per heavy atom. The number of nitrogens with zero attached hydrogens (tertiary/aromatic N) is 2. The fraction of sp³-hybridized carbons (Fsp3) is 0.786. The molecule has 0 saturated carbocycles. The van der Waals surface area contributed by atoms with Gasteiger partial charge in [0, 0.05) is 18.7 Å². The first-order chi connectivity index (χ1) is 8.65. The topological polar surface area (TPSA) is 43.8 Å². The molecule has 0 aromatic heterocycles. The third-order valence-corrected chi connectivity index (χ3v) is 4.14. The highest BCUT2D eigenvalue weighted by Gasteiger charge is 2.23. The second kappa shape index (κ2) is 6.34. The predicted octanol–water partition coefficient (Wildman–Crippen LogP) is 1.43. The van der Waals surface area contributed by atoms with Crippen molar-refractivity contribution in [1.29, 1.82) is 0 Å². The maximum Gasteiger partial charge on any atom is 0.332 e. The van der Waals surface area contributed by atoms with Crippen molar-refractivity contribution in [3.8, 4) is 0 Å². The molecule has 0 unspecified atom stereocenters. The number of carboxylic acids is 1. The first-order valence-corrected chi connectivity index (χ1v) is 7.01. The van der Waals surface area contributed by atoms with Crippen LogP contribution in [0.4, 0.5) is 0 Å². The lowest BCUT2D eigenvalue weighted by atomic mass is 9.96. The summed E-state index contributed by atoms with van der Waals surface area (Å²) in [6.07, 6.45) is 5.11. The van der Waals surface area contributed by atoms with Crippen LogP contribution >= 0.6 is 0 Å². The molecule has 0 atom stereocenters. The molecule has 18 heavy (non-hydrogen) atoms. The molecule has 0 amide bonds. The number of likely N-dealkylation sites (tertiary alicyclic amines) is 2. The first kappa shape index (κ1) is 13.6. The number of aliphatic carboxylic acids is 1. The number of rotatable bonds is 5. The summed E-state index contributed by atoms with van der Waals surface area (Å²) in [6.45, 7) is 9.95. The molecule has 0 bridgehead atoms. The van der Waals surface area contributed by atoms with E-state index >= 15 is 0 Å². The lowest BCUT2D eigenvalue weighted by molar-refractivity contribution is -0.132. The van der Waals surface area contributed by atoms with Crippen LogP contribution in [-0.4, -0.2) is 60.1 Å². The average Bonchev–Trinajstić information content (AvgIpc) is 2.84. The van der Waals surface area contributed by atoms with Gasteiger partial charge in [0.1, 0.15) is 0 Å². The van der Waals surface area contributed by atoms with Gasteiger partial charge in [0.2, 0.25) is 0 Å². The van der Waals surface area contributed by atoms with E-state index < -0.39 is 5.97 Å². The van der Waals surface area contributed by atoms with E-state index in [-0.39, 0.29) is 0 Å². The van der Waals surface area contributed by atoms with Crippen molar-refractivity contribution in [1.82, 2.24) is 9.80 Å². The molecule has 4 heteroatoms. The van der Waals surface area contributed by atoms with Crippen molar-refractivity contribution in [3.63, 3.8) is 0 Å². The highest BCUT2D eigenvalue weighted by atomic mass is 16.4. The van der Waals surface area contributed by atoms with Gasteiger partial charge in [0.05, 0.1) is 0 Å². The van der Waals surface area contributed by atoms with Crippen molar-refractivity contribution in [2.45, 2.75) is 25.7 Å². The van der Waals surface area contributed by atoms with Gasteiger partial charge in [-0.2, -0.15) is 0 Å². The molecule has 102 valence electrons. The predicted molar refractivity (Wildman–Crippen MR) is 71.6 cm³/mol. The van der Waals surface area contributed by atoms with Crippen LogP contribution in [0.1, 0.15) is 25.7 Å². The average molecular weight is 252 g/mol. The summed E-state index contributed by atoms with van der Waals surface area (Å²) in [6, 6.07) is 0. The van der Waals surface area contributed by atoms with Crippen molar-refractivity contribution in [2.24, 2.45) is 5.92 Å². The van der Waals surface area contributed by atoms with Gasteiger partial charge < -0.3 is 10.0 Å². The van der Waals surface area contributed by atoms with E-state index in [1.165, 1.54) is 45.3 Å². The van der Waals surface area contributed by atoms with Crippen molar-refractivity contribution in [2.75, 3.05) is 39.3 Å². The van der Waals surface area contributed by atoms with Crippen LogP contribution in [0.5, 0.6) is 0 Å². The zero-order valence-electron chi connectivity index (χ0n) is 11.1. The fourth-order valence-electron chi connectivity index (χ4n) is 3.00. The minimum Gasteiger partial charge on any atom is -0.478 e. The number of piperidine rings is 1. The molecule has 2 fully saturated rings. The molecule has 2 aliphatic rings. The summed E-state index contributed by atoms with van der Waals surface area (Å²) in [5.74, 6) is -0.0633. The Hall–Kier alpha value is -0.870. The number of hydrogen-bond donors (Lipinski definition) is 1. The van der Waals surface area contributed by atoms with Gasteiger partial charge in [0.25, 0.3) is 0 Å². The van der Waals surface area contributed by atoms with E-state index in [9.17, 15) is 4.79 Å². The molecule has 0 aromatic rings. The molecule has 0 aliphatic carbocycles. The number of carbonyl (C=O) groups is 1. The molecule has 0 spiro atoms. The van der Waals surface area contributed by atoms with E-state index in [0.29, 0.717) is 12.1 Å². The lowest BCUT2D eigenvalue weighted by Crippen LogP contribution is -2.39. The normalized spacial score (nSPS) is 23.3. The first-order valence-electron chi connectivity index (χ1n) is 7.01. The van der Waals surface area contributed by atoms with Gasteiger partial charge in [-0.3, -0.25) is 4.90 Å². The summed E-state index contributed by atoms with van der Waals surface area (Å²) < 4.78 is 0. The molecule has 4 nitrogen and oxygen atoms in total. The molecule has 0 radical (unpaired) electrons. The van der Waals surface area contributed by atoms with E-state index in [2.05, 4.69) is 16.4 Å². The summed E-state index contributed by atoms with van der Waals surface area (Å²) in [5, 5.41) is 8.82. The van der Waals surface area contributed by atoms with E-state index in [1.807, 2.05) is 0 Å². The second-order valence-electron chi connectivity index (χ2n) is 5.64. The van der Waals surface area contributed by atoms with Gasteiger partial charge in [0.15, 0.2) is 0 Å². The highest BCUT2D eigenvalue weighted by molar-refractivity contribution is 5.86. The van der Waals surface area contributed by atoms with Crippen LogP contribution in [0, 0.1) is 5.92 Å². The Bertz CT molecular complexity index is 303. The Morgan fingerprint density at radius 1 is 1.11 bits per heavy atom. The van der Waals surface area contributed by atoms with Crippen LogP contribution in [0.15, 0.2) is 12.2 Å². The molecule has 2 saturated heterocycles. The Labute approximate surface area is 109 Å². The number of hydrogen-bond acceptors (Lipinski definition) is 3. The summed E-state index contributed by atoms with van der Waals surface area (Å²) in [4.78, 5) is 15.5. The van der Waals surface area contributed by atoms with Crippen LogP contribution in [0.25, 0.3) is 0 Å². The Kier molecular flexibility index (Phi) is 4.78. The number of carboxylic acid groups (broad SMARTS) is 1. The SMILES string of the molecule is C=C(CN1CCC(CN2CCCC2)CC1)C(=O)O. The van der Waals surface area contributed by atoms with Crippen LogP contribution < -0.4 is 0 Å². The quantitative estimate of drug-likeness (QED) is 0.752. The molecule has 0 aromatic carbocycles. The highest BCUT2D eigenvalue weighted by Crippen LogP contribution is 2.21. The Morgan fingerprint density at radius 2 is 1.72 bits per heavy atom. The van der Waals surface area contributed by atoms with Gasteiger partial charge in [-0.1, -0.05) is 6.58 Å². The Balaban J connectivity index is 1.67. The largest absolute Gasteiger partial charge is 0.478 e. The molecule has 2 rings (SSSR count).